The number of hydrogen-bond donors (Lipinski definition) is 3. The summed E-state index contributed by atoms with van der Waals surface area (Å²) in [6.07, 6.45) is -1.18. The van der Waals surface area contributed by atoms with Crippen LogP contribution in [0.5, 0.6) is 0 Å². The third-order valence-electron chi connectivity index (χ3n) is 7.55. The zero-order valence-electron chi connectivity index (χ0n) is 21.1. The average molecular weight is 551 g/mol. The molecule has 0 radical (unpaired) electrons. The number of carbonyl (C=O) groups excluding carboxylic acids is 1. The number of hydrogen-bond acceptors (Lipinski definition) is 4. The number of H-pyrrole nitrogens is 1. The van der Waals surface area contributed by atoms with Gasteiger partial charge < -0.3 is 25.1 Å². The summed E-state index contributed by atoms with van der Waals surface area (Å²) in [7, 11) is 0. The molecule has 2 aromatic heterocycles. The van der Waals surface area contributed by atoms with Gasteiger partial charge >= 0.3 is 6.09 Å². The van der Waals surface area contributed by atoms with E-state index >= 15 is 0 Å². The second-order valence-corrected chi connectivity index (χ2v) is 10.2. The van der Waals surface area contributed by atoms with Crippen molar-refractivity contribution < 1.29 is 19.1 Å². The summed E-state index contributed by atoms with van der Waals surface area (Å²) in [6.45, 7) is 0.435. The molecule has 1 aliphatic heterocycles. The molecule has 1 aliphatic rings. The van der Waals surface area contributed by atoms with Crippen LogP contribution in [0.3, 0.4) is 0 Å². The van der Waals surface area contributed by atoms with E-state index < -0.39 is 6.09 Å². The quantitative estimate of drug-likeness (QED) is 0.156. The van der Waals surface area contributed by atoms with Crippen LogP contribution in [0.4, 0.5) is 27.7 Å². The Labute approximate surface area is 233 Å². The molecule has 1 atom stereocenters. The molecule has 40 heavy (non-hydrogen) atoms. The smallest absolute Gasteiger partial charge is 0.418 e. The summed E-state index contributed by atoms with van der Waals surface area (Å²) < 4.78 is 5.82. The van der Waals surface area contributed by atoms with Gasteiger partial charge in [-0.25, -0.2) is 9.69 Å². The molecule has 0 aliphatic carbocycles. The number of carboxylic acid groups (broad SMARTS) is 1. The summed E-state index contributed by atoms with van der Waals surface area (Å²) in [5.41, 5.74) is 10.8. The van der Waals surface area contributed by atoms with Crippen molar-refractivity contribution in [3.8, 4) is 0 Å². The number of nitrogen functional groups attached to an aromatic ring is 1. The number of alkyl halides is 1. The van der Waals surface area contributed by atoms with Gasteiger partial charge in [0.15, 0.2) is 0 Å². The van der Waals surface area contributed by atoms with Gasteiger partial charge in [0.2, 0.25) is 5.88 Å². The predicted octanol–water partition coefficient (Wildman–Crippen LogP) is 7.45. The lowest BCUT2D eigenvalue weighted by Crippen LogP contribution is -2.30. The van der Waals surface area contributed by atoms with Crippen molar-refractivity contribution in [2.24, 2.45) is 0 Å². The topological polar surface area (TPSA) is 116 Å². The Kier molecular flexibility index (Phi) is 5.47. The first kappa shape index (κ1) is 24.1. The summed E-state index contributed by atoms with van der Waals surface area (Å²) in [5.74, 6) is 0.308. The zero-order chi connectivity index (χ0) is 27.5. The Balaban J connectivity index is 1.27. The summed E-state index contributed by atoms with van der Waals surface area (Å²) in [6, 6.07) is 25.6. The van der Waals surface area contributed by atoms with Crippen molar-refractivity contribution in [2.45, 2.75) is 5.92 Å². The molecule has 0 fully saturated rings. The number of carbonyl (C=O) groups is 2. The molecule has 0 spiro atoms. The molecule has 1 unspecified atom stereocenters. The van der Waals surface area contributed by atoms with Gasteiger partial charge in [-0.2, -0.15) is 0 Å². The van der Waals surface area contributed by atoms with E-state index in [1.165, 1.54) is 0 Å². The second kappa shape index (κ2) is 9.07. The van der Waals surface area contributed by atoms with Crippen LogP contribution in [0.15, 0.2) is 89.3 Å². The molecule has 0 saturated heterocycles. The van der Waals surface area contributed by atoms with E-state index in [-0.39, 0.29) is 17.7 Å². The third-order valence-corrected chi connectivity index (χ3v) is 7.92. The maximum atomic E-state index is 13.8. The number of halogens is 1. The molecular weight excluding hydrogens is 528 g/mol. The molecule has 4 N–H and O–H groups in total. The van der Waals surface area contributed by atoms with Gasteiger partial charge in [-0.3, -0.25) is 4.79 Å². The van der Waals surface area contributed by atoms with Gasteiger partial charge in [-0.1, -0.05) is 42.5 Å². The number of aromatic nitrogens is 1. The van der Waals surface area contributed by atoms with Crippen molar-refractivity contribution in [1.82, 2.24) is 4.98 Å². The number of fused-ring (bicyclic) bond motifs is 5. The van der Waals surface area contributed by atoms with Gasteiger partial charge in [0, 0.05) is 51.8 Å². The van der Waals surface area contributed by atoms with E-state index in [4.69, 9.17) is 21.8 Å². The molecule has 198 valence electrons. The molecule has 8 nitrogen and oxygen atoms in total. The van der Waals surface area contributed by atoms with Crippen molar-refractivity contribution in [2.75, 3.05) is 28.0 Å². The fourth-order valence-corrected chi connectivity index (χ4v) is 5.97. The molecule has 0 bridgehead atoms. The van der Waals surface area contributed by atoms with Crippen LogP contribution in [-0.2, 0) is 0 Å². The number of nitrogens with one attached hydrogen (secondary N) is 1. The highest BCUT2D eigenvalue weighted by molar-refractivity contribution is 6.19. The molecule has 2 amide bonds. The Morgan fingerprint density at radius 2 is 1.77 bits per heavy atom. The lowest BCUT2D eigenvalue weighted by molar-refractivity contribution is 0.0984. The SMILES string of the molecule is Nc1cc2c(c3ccccc13)C(CCl)CN2C(=O)c1cc2cc(N(C(=O)O)c3cc4ccccc4o3)ccc2[nH]1. The maximum Gasteiger partial charge on any atom is 0.418 e. The van der Waals surface area contributed by atoms with E-state index in [0.717, 1.165) is 32.3 Å². The molecule has 7 rings (SSSR count). The third kappa shape index (κ3) is 3.68. The first-order valence-corrected chi connectivity index (χ1v) is 13.3. The number of aromatic amines is 1. The number of nitrogens with zero attached hydrogens (tertiary/aromatic N) is 2. The number of furan rings is 1. The first-order chi connectivity index (χ1) is 19.4. The maximum absolute atomic E-state index is 13.8. The van der Waals surface area contributed by atoms with E-state index in [1.54, 1.807) is 41.3 Å². The van der Waals surface area contributed by atoms with Gasteiger partial charge in [0.05, 0.1) is 11.4 Å². The van der Waals surface area contributed by atoms with Crippen LogP contribution in [0.1, 0.15) is 22.0 Å². The van der Waals surface area contributed by atoms with Crippen LogP contribution < -0.4 is 15.5 Å². The van der Waals surface area contributed by atoms with Crippen LogP contribution in [0, 0.1) is 0 Å². The van der Waals surface area contributed by atoms with E-state index in [0.29, 0.717) is 46.0 Å². The number of benzene rings is 4. The van der Waals surface area contributed by atoms with E-state index in [9.17, 15) is 14.7 Å². The predicted molar refractivity (Wildman–Crippen MR) is 158 cm³/mol. The fraction of sp³-hybridized carbons (Fsp3) is 0.0968. The van der Waals surface area contributed by atoms with Crippen LogP contribution in [0.2, 0.25) is 0 Å². The van der Waals surface area contributed by atoms with Gasteiger partial charge in [0.1, 0.15) is 11.3 Å². The first-order valence-electron chi connectivity index (χ1n) is 12.8. The lowest BCUT2D eigenvalue weighted by Gasteiger charge is -2.18. The number of nitrogens with two attached hydrogens (primary N) is 1. The minimum Gasteiger partial charge on any atom is -0.464 e. The summed E-state index contributed by atoms with van der Waals surface area (Å²) in [5, 5.41) is 13.5. The number of anilines is 4. The molecule has 9 heteroatoms. The van der Waals surface area contributed by atoms with E-state index in [2.05, 4.69) is 4.98 Å². The fourth-order valence-electron chi connectivity index (χ4n) is 5.72. The Morgan fingerprint density at radius 1 is 1.00 bits per heavy atom. The average Bonchev–Trinajstić information content (AvgIpc) is 3.67. The standard InChI is InChI=1S/C31H23ClN4O4/c32-15-19-16-35(26-14-23(33)21-6-2-3-7-22(21)29(19)26)30(37)25-12-18-11-20(9-10-24(18)34-25)36(31(38)39)28-13-17-5-1-4-8-27(17)40-28/h1-14,19,34H,15-16,33H2,(H,38,39). The highest BCUT2D eigenvalue weighted by atomic mass is 35.5. The minimum absolute atomic E-state index is 0.0324. The van der Waals surface area contributed by atoms with Crippen molar-refractivity contribution >= 4 is 79.2 Å². The number of rotatable bonds is 4. The number of amides is 2. The normalized spacial score (nSPS) is 14.7. The van der Waals surface area contributed by atoms with Crippen molar-refractivity contribution in [3.05, 3.63) is 96.2 Å². The molecular formula is C31H23ClN4O4. The Hall–Kier alpha value is -4.95. The highest BCUT2D eigenvalue weighted by Crippen LogP contribution is 2.44. The van der Waals surface area contributed by atoms with Gasteiger partial charge in [0.25, 0.3) is 5.91 Å². The van der Waals surface area contributed by atoms with Crippen molar-refractivity contribution in [3.63, 3.8) is 0 Å². The molecule has 4 aromatic carbocycles. The highest BCUT2D eigenvalue weighted by Gasteiger charge is 2.35. The van der Waals surface area contributed by atoms with Crippen LogP contribution in [0.25, 0.3) is 32.6 Å². The summed E-state index contributed by atoms with van der Waals surface area (Å²) >= 11 is 6.37. The monoisotopic (exact) mass is 550 g/mol. The van der Waals surface area contributed by atoms with Crippen LogP contribution in [-0.4, -0.2) is 34.5 Å². The van der Waals surface area contributed by atoms with Gasteiger partial charge in [-0.05, 0) is 47.3 Å². The second-order valence-electron chi connectivity index (χ2n) is 9.91. The minimum atomic E-state index is -1.18. The zero-order valence-corrected chi connectivity index (χ0v) is 21.9. The Morgan fingerprint density at radius 3 is 2.55 bits per heavy atom. The van der Waals surface area contributed by atoms with E-state index in [1.807, 2.05) is 48.5 Å². The largest absolute Gasteiger partial charge is 0.464 e. The Bertz CT molecular complexity index is 1940. The molecule has 0 saturated carbocycles. The van der Waals surface area contributed by atoms with Gasteiger partial charge in [-0.15, -0.1) is 11.6 Å². The van der Waals surface area contributed by atoms with Crippen molar-refractivity contribution in [1.29, 1.82) is 0 Å². The number of para-hydroxylation sites is 1. The molecule has 6 aromatic rings. The van der Waals surface area contributed by atoms with Crippen LogP contribution >= 0.6 is 11.6 Å². The summed E-state index contributed by atoms with van der Waals surface area (Å²) in [4.78, 5) is 32.1. The molecule has 3 heterocycles. The lowest BCUT2D eigenvalue weighted by atomic mass is 9.95.